The van der Waals surface area contributed by atoms with Gasteiger partial charge in [-0.05, 0) is 78.3 Å². The molecular formula is C21H19FN2O3. The topological polar surface area (TPSA) is 73.8 Å². The van der Waals surface area contributed by atoms with Gasteiger partial charge in [0, 0.05) is 11.9 Å². The van der Waals surface area contributed by atoms with Crippen LogP contribution < -0.4 is 11.3 Å². The van der Waals surface area contributed by atoms with Crippen molar-refractivity contribution in [3.05, 3.63) is 69.4 Å². The number of nitrogens with zero attached hydrogens (tertiary/aromatic N) is 1. The number of hydrogen-bond donors (Lipinski definition) is 1. The van der Waals surface area contributed by atoms with E-state index in [1.165, 1.54) is 23.6 Å². The van der Waals surface area contributed by atoms with Gasteiger partial charge in [-0.25, -0.2) is 9.18 Å². The molecule has 27 heavy (non-hydrogen) atoms. The highest BCUT2D eigenvalue weighted by Gasteiger charge is 2.29. The molecule has 2 aromatic heterocycles. The SMILES string of the molecule is COC(=O)c1cc(C2CC2)c2c(C)c(-c3cc(N)cc(F)c3)ccn2c1=O. The van der Waals surface area contributed by atoms with Crippen LogP contribution in [0.1, 0.15) is 40.2 Å². The summed E-state index contributed by atoms with van der Waals surface area (Å²) in [5, 5.41) is 0. The van der Waals surface area contributed by atoms with E-state index in [1.807, 2.05) is 6.92 Å². The molecule has 1 fully saturated rings. The maximum absolute atomic E-state index is 13.8. The van der Waals surface area contributed by atoms with Crippen molar-refractivity contribution in [1.29, 1.82) is 0 Å². The van der Waals surface area contributed by atoms with Gasteiger partial charge in [0.25, 0.3) is 5.56 Å². The molecule has 5 nitrogen and oxygen atoms in total. The highest BCUT2D eigenvalue weighted by atomic mass is 19.1. The van der Waals surface area contributed by atoms with Crippen LogP contribution in [-0.2, 0) is 4.74 Å². The van der Waals surface area contributed by atoms with Crippen LogP contribution in [0.2, 0.25) is 0 Å². The van der Waals surface area contributed by atoms with Crippen molar-refractivity contribution < 1.29 is 13.9 Å². The van der Waals surface area contributed by atoms with Crippen molar-refractivity contribution in [2.75, 3.05) is 12.8 Å². The van der Waals surface area contributed by atoms with E-state index in [1.54, 1.807) is 24.4 Å². The number of nitrogen functional groups attached to an aromatic ring is 1. The number of methoxy groups -OCH3 is 1. The highest BCUT2D eigenvalue weighted by Crippen LogP contribution is 2.43. The molecule has 0 amide bonds. The summed E-state index contributed by atoms with van der Waals surface area (Å²) in [7, 11) is 1.26. The zero-order valence-electron chi connectivity index (χ0n) is 15.1. The first-order valence-corrected chi connectivity index (χ1v) is 8.74. The first-order chi connectivity index (χ1) is 12.9. The number of benzene rings is 1. The molecule has 0 saturated heterocycles. The van der Waals surface area contributed by atoms with Gasteiger partial charge < -0.3 is 10.5 Å². The van der Waals surface area contributed by atoms with Crippen LogP contribution >= 0.6 is 0 Å². The minimum atomic E-state index is -0.643. The third kappa shape index (κ3) is 2.87. The number of carbonyl (C=O) groups is 1. The fourth-order valence-electron chi connectivity index (χ4n) is 3.64. The predicted molar refractivity (Wildman–Crippen MR) is 102 cm³/mol. The molecule has 3 aromatic rings. The van der Waals surface area contributed by atoms with Gasteiger partial charge in [0.2, 0.25) is 0 Å². The van der Waals surface area contributed by atoms with Crippen molar-refractivity contribution >= 4 is 17.2 Å². The van der Waals surface area contributed by atoms with Crippen LogP contribution in [0.5, 0.6) is 0 Å². The third-order valence-corrected chi connectivity index (χ3v) is 5.07. The maximum Gasteiger partial charge on any atom is 0.343 e. The number of anilines is 1. The van der Waals surface area contributed by atoms with E-state index in [4.69, 9.17) is 10.5 Å². The Morgan fingerprint density at radius 1 is 1.26 bits per heavy atom. The Labute approximate surface area is 155 Å². The summed E-state index contributed by atoms with van der Waals surface area (Å²) in [6.45, 7) is 1.90. The summed E-state index contributed by atoms with van der Waals surface area (Å²) in [5.74, 6) is -0.753. The zero-order valence-corrected chi connectivity index (χ0v) is 15.1. The number of ether oxygens (including phenoxy) is 1. The number of halogens is 1. The molecule has 1 aliphatic rings. The van der Waals surface area contributed by atoms with Crippen LogP contribution in [0, 0.1) is 12.7 Å². The monoisotopic (exact) mass is 366 g/mol. The lowest BCUT2D eigenvalue weighted by Gasteiger charge is -2.16. The van der Waals surface area contributed by atoms with E-state index in [0.717, 1.165) is 35.0 Å². The lowest BCUT2D eigenvalue weighted by atomic mass is 9.96. The van der Waals surface area contributed by atoms with Gasteiger partial charge in [-0.15, -0.1) is 0 Å². The average Bonchev–Trinajstić information content (AvgIpc) is 3.46. The number of aromatic nitrogens is 1. The summed E-state index contributed by atoms with van der Waals surface area (Å²) in [5.41, 5.74) is 9.74. The molecule has 1 aromatic carbocycles. The van der Waals surface area contributed by atoms with E-state index >= 15 is 0 Å². The smallest absolute Gasteiger partial charge is 0.343 e. The van der Waals surface area contributed by atoms with E-state index in [0.29, 0.717) is 17.2 Å². The zero-order chi connectivity index (χ0) is 19.3. The highest BCUT2D eigenvalue weighted by molar-refractivity contribution is 5.90. The molecule has 1 aliphatic carbocycles. The van der Waals surface area contributed by atoms with E-state index < -0.39 is 17.3 Å². The molecule has 0 unspecified atom stereocenters. The first kappa shape index (κ1) is 17.3. The number of carbonyl (C=O) groups excluding carboxylic acids is 1. The minimum Gasteiger partial charge on any atom is -0.465 e. The molecule has 2 N–H and O–H groups in total. The Balaban J connectivity index is 2.04. The van der Waals surface area contributed by atoms with Crippen molar-refractivity contribution in [3.8, 4) is 11.1 Å². The normalized spacial score (nSPS) is 13.7. The Bertz CT molecular complexity index is 1130. The van der Waals surface area contributed by atoms with Crippen molar-refractivity contribution in [1.82, 2.24) is 4.40 Å². The van der Waals surface area contributed by atoms with Crippen molar-refractivity contribution in [2.24, 2.45) is 0 Å². The van der Waals surface area contributed by atoms with Gasteiger partial charge in [0.05, 0.1) is 12.6 Å². The van der Waals surface area contributed by atoms with Crippen LogP contribution in [0.4, 0.5) is 10.1 Å². The van der Waals surface area contributed by atoms with Gasteiger partial charge in [-0.2, -0.15) is 0 Å². The largest absolute Gasteiger partial charge is 0.465 e. The predicted octanol–water partition coefficient (Wildman–Crippen LogP) is 3.66. The van der Waals surface area contributed by atoms with Crippen LogP contribution in [-0.4, -0.2) is 17.5 Å². The summed E-state index contributed by atoms with van der Waals surface area (Å²) in [6, 6.07) is 7.79. The second kappa shape index (κ2) is 6.23. The van der Waals surface area contributed by atoms with Crippen molar-refractivity contribution in [2.45, 2.75) is 25.7 Å². The summed E-state index contributed by atoms with van der Waals surface area (Å²) < 4.78 is 20.1. The van der Waals surface area contributed by atoms with E-state index in [9.17, 15) is 14.0 Å². The number of aryl methyl sites for hydroxylation is 1. The van der Waals surface area contributed by atoms with Gasteiger partial charge >= 0.3 is 5.97 Å². The Hall–Kier alpha value is -3.15. The summed E-state index contributed by atoms with van der Waals surface area (Å²) in [4.78, 5) is 24.8. The molecule has 1 saturated carbocycles. The first-order valence-electron chi connectivity index (χ1n) is 8.74. The molecular weight excluding hydrogens is 347 g/mol. The number of fused-ring (bicyclic) bond motifs is 1. The molecule has 138 valence electrons. The van der Waals surface area contributed by atoms with Gasteiger partial charge in [0.15, 0.2) is 0 Å². The van der Waals surface area contributed by atoms with Crippen molar-refractivity contribution in [3.63, 3.8) is 0 Å². The lowest BCUT2D eigenvalue weighted by molar-refractivity contribution is 0.0598. The number of esters is 1. The summed E-state index contributed by atoms with van der Waals surface area (Å²) in [6.07, 6.45) is 3.63. The average molecular weight is 366 g/mol. The number of pyridine rings is 2. The van der Waals surface area contributed by atoms with Crippen LogP contribution in [0.25, 0.3) is 16.6 Å². The lowest BCUT2D eigenvalue weighted by Crippen LogP contribution is -2.24. The van der Waals surface area contributed by atoms with Gasteiger partial charge in [0.1, 0.15) is 11.4 Å². The molecule has 0 spiro atoms. The van der Waals surface area contributed by atoms with Gasteiger partial charge in [-0.1, -0.05) is 0 Å². The second-order valence-electron chi connectivity index (χ2n) is 6.93. The van der Waals surface area contributed by atoms with E-state index in [2.05, 4.69) is 0 Å². The molecule has 0 atom stereocenters. The molecule has 0 aliphatic heterocycles. The molecule has 4 rings (SSSR count). The molecule has 6 heteroatoms. The standard InChI is InChI=1S/C21H19FN2O3/c1-11-16(13-7-14(22)9-15(23)8-13)5-6-24-19(11)17(12-3-4-12)10-18(20(24)25)21(26)27-2/h5-10,12H,3-4,23H2,1-2H3. The number of hydrogen-bond acceptors (Lipinski definition) is 4. The fourth-order valence-corrected chi connectivity index (χ4v) is 3.64. The molecule has 2 heterocycles. The van der Waals surface area contributed by atoms with E-state index in [-0.39, 0.29) is 5.56 Å². The van der Waals surface area contributed by atoms with Crippen LogP contribution in [0.15, 0.2) is 41.3 Å². The minimum absolute atomic E-state index is 0.0269. The Kier molecular flexibility index (Phi) is 3.98. The molecule has 0 radical (unpaired) electrons. The third-order valence-electron chi connectivity index (χ3n) is 5.07. The molecule has 0 bridgehead atoms. The number of nitrogens with two attached hydrogens (primary N) is 1. The van der Waals surface area contributed by atoms with Gasteiger partial charge in [-0.3, -0.25) is 9.20 Å². The Morgan fingerprint density at radius 3 is 2.63 bits per heavy atom. The second-order valence-corrected chi connectivity index (χ2v) is 6.93. The number of rotatable bonds is 3. The quantitative estimate of drug-likeness (QED) is 0.567. The Morgan fingerprint density at radius 2 is 2.00 bits per heavy atom. The summed E-state index contributed by atoms with van der Waals surface area (Å²) >= 11 is 0. The van der Waals surface area contributed by atoms with Crippen LogP contribution in [0.3, 0.4) is 0 Å². The fraction of sp³-hybridized carbons (Fsp3) is 0.238. The maximum atomic E-state index is 13.8.